The zero-order valence-corrected chi connectivity index (χ0v) is 16.2. The van der Waals surface area contributed by atoms with Crippen molar-refractivity contribution < 1.29 is 22.4 Å². The lowest BCUT2D eigenvalue weighted by Crippen LogP contribution is -2.31. The summed E-state index contributed by atoms with van der Waals surface area (Å²) in [4.78, 5) is 21.3. The Morgan fingerprint density at radius 2 is 1.86 bits per heavy atom. The van der Waals surface area contributed by atoms with Crippen molar-refractivity contribution in [2.45, 2.75) is 24.7 Å². The van der Waals surface area contributed by atoms with Crippen LogP contribution in [0.5, 0.6) is 0 Å². The molecule has 3 rings (SSSR count). The number of thioether (sulfide) groups is 1. The number of alkyl halides is 3. The van der Waals surface area contributed by atoms with Crippen LogP contribution in [0.1, 0.15) is 18.3 Å². The van der Waals surface area contributed by atoms with Crippen LogP contribution in [0.3, 0.4) is 0 Å². The topological polar surface area (TPSA) is 46.1 Å². The maximum atomic E-state index is 13.4. The SMILES string of the molecule is CCN(Cc1cccc(F)c1)C(=O)CSc1nc(C(F)(F)F)nc2ccccc12. The Morgan fingerprint density at radius 1 is 1.10 bits per heavy atom. The molecule has 0 saturated carbocycles. The average molecular weight is 423 g/mol. The molecule has 3 aromatic rings. The van der Waals surface area contributed by atoms with Gasteiger partial charge in [-0.25, -0.2) is 14.4 Å². The second-order valence-corrected chi connectivity index (χ2v) is 7.16. The number of halogens is 4. The van der Waals surface area contributed by atoms with Crippen molar-refractivity contribution in [1.82, 2.24) is 14.9 Å². The zero-order valence-electron chi connectivity index (χ0n) is 15.4. The van der Waals surface area contributed by atoms with Crippen molar-refractivity contribution in [2.24, 2.45) is 0 Å². The fraction of sp³-hybridized carbons (Fsp3) is 0.250. The molecular formula is C20H17F4N3OS. The first-order chi connectivity index (χ1) is 13.8. The summed E-state index contributed by atoms with van der Waals surface area (Å²) in [6.07, 6.45) is -4.68. The highest BCUT2D eigenvalue weighted by atomic mass is 32.2. The summed E-state index contributed by atoms with van der Waals surface area (Å²) < 4.78 is 52.7. The molecule has 1 amide bonds. The van der Waals surface area contributed by atoms with Gasteiger partial charge in [-0.2, -0.15) is 13.2 Å². The highest BCUT2D eigenvalue weighted by Crippen LogP contribution is 2.32. The van der Waals surface area contributed by atoms with E-state index in [4.69, 9.17) is 0 Å². The van der Waals surface area contributed by atoms with Crippen molar-refractivity contribution in [3.8, 4) is 0 Å². The molecule has 0 unspecified atom stereocenters. The largest absolute Gasteiger partial charge is 0.451 e. The highest BCUT2D eigenvalue weighted by molar-refractivity contribution is 8.00. The quantitative estimate of drug-likeness (QED) is 0.321. The minimum absolute atomic E-state index is 0.0954. The molecule has 0 spiro atoms. The number of hydrogen-bond acceptors (Lipinski definition) is 4. The van der Waals surface area contributed by atoms with Gasteiger partial charge in [0.15, 0.2) is 0 Å². The average Bonchev–Trinajstić information content (AvgIpc) is 2.69. The molecule has 0 N–H and O–H groups in total. The Labute approximate surface area is 169 Å². The van der Waals surface area contributed by atoms with Crippen LogP contribution in [0, 0.1) is 5.82 Å². The number of carbonyl (C=O) groups is 1. The fourth-order valence-corrected chi connectivity index (χ4v) is 3.66. The van der Waals surface area contributed by atoms with Gasteiger partial charge in [0.25, 0.3) is 0 Å². The summed E-state index contributed by atoms with van der Waals surface area (Å²) >= 11 is 0.929. The van der Waals surface area contributed by atoms with Crippen LogP contribution in [0.2, 0.25) is 0 Å². The molecule has 9 heteroatoms. The summed E-state index contributed by atoms with van der Waals surface area (Å²) in [5, 5.41) is 0.546. The first-order valence-corrected chi connectivity index (χ1v) is 9.75. The van der Waals surface area contributed by atoms with Gasteiger partial charge >= 0.3 is 6.18 Å². The van der Waals surface area contributed by atoms with Gasteiger partial charge in [-0.05, 0) is 30.7 Å². The molecular weight excluding hydrogens is 406 g/mol. The van der Waals surface area contributed by atoms with Crippen molar-refractivity contribution >= 4 is 28.6 Å². The van der Waals surface area contributed by atoms with Crippen LogP contribution < -0.4 is 0 Å². The summed E-state index contributed by atoms with van der Waals surface area (Å²) in [7, 11) is 0. The van der Waals surface area contributed by atoms with Crippen LogP contribution >= 0.6 is 11.8 Å². The fourth-order valence-electron chi connectivity index (χ4n) is 2.74. The molecule has 0 aliphatic carbocycles. The lowest BCUT2D eigenvalue weighted by molar-refractivity contribution is -0.145. The van der Waals surface area contributed by atoms with Gasteiger partial charge in [0.05, 0.1) is 11.3 Å². The number of hydrogen-bond donors (Lipinski definition) is 0. The van der Waals surface area contributed by atoms with Crippen LogP contribution in [-0.4, -0.2) is 33.1 Å². The van der Waals surface area contributed by atoms with Crippen molar-refractivity contribution in [2.75, 3.05) is 12.3 Å². The first kappa shape index (κ1) is 21.0. The molecule has 0 atom stereocenters. The van der Waals surface area contributed by atoms with Gasteiger partial charge in [-0.3, -0.25) is 4.79 Å². The number of fused-ring (bicyclic) bond motifs is 1. The molecule has 4 nitrogen and oxygen atoms in total. The molecule has 1 aromatic heterocycles. The standard InChI is InChI=1S/C20H17F4N3OS/c1-2-27(11-13-6-5-7-14(21)10-13)17(28)12-29-18-15-8-3-4-9-16(15)25-19(26-18)20(22,23)24/h3-10H,2,11-12H2,1H3. The molecule has 2 aromatic carbocycles. The van der Waals surface area contributed by atoms with Crippen molar-refractivity contribution in [3.05, 3.63) is 65.7 Å². The number of carbonyl (C=O) groups excluding carboxylic acids is 1. The Balaban J connectivity index is 1.79. The van der Waals surface area contributed by atoms with E-state index in [0.717, 1.165) is 11.8 Å². The van der Waals surface area contributed by atoms with Gasteiger partial charge in [-0.15, -0.1) is 0 Å². The van der Waals surface area contributed by atoms with E-state index in [1.54, 1.807) is 37.3 Å². The van der Waals surface area contributed by atoms with E-state index < -0.39 is 17.8 Å². The Hall–Kier alpha value is -2.68. The summed E-state index contributed by atoms with van der Waals surface area (Å²) in [5.41, 5.74) is 0.800. The molecule has 0 fully saturated rings. The molecule has 0 aliphatic heterocycles. The van der Waals surface area contributed by atoms with E-state index in [2.05, 4.69) is 9.97 Å². The van der Waals surface area contributed by atoms with Crippen LogP contribution in [0.15, 0.2) is 53.6 Å². The van der Waals surface area contributed by atoms with Gasteiger partial charge in [-0.1, -0.05) is 42.1 Å². The van der Waals surface area contributed by atoms with Crippen LogP contribution in [-0.2, 0) is 17.5 Å². The number of nitrogens with zero attached hydrogens (tertiary/aromatic N) is 3. The number of rotatable bonds is 6. The molecule has 0 bridgehead atoms. The summed E-state index contributed by atoms with van der Waals surface area (Å²) in [6.45, 7) is 2.38. The number of amides is 1. The minimum atomic E-state index is -4.68. The lowest BCUT2D eigenvalue weighted by atomic mass is 10.2. The predicted molar refractivity (Wildman–Crippen MR) is 103 cm³/mol. The normalized spacial score (nSPS) is 11.6. The second-order valence-electron chi connectivity index (χ2n) is 6.19. The zero-order chi connectivity index (χ0) is 21.0. The first-order valence-electron chi connectivity index (χ1n) is 8.77. The van der Waals surface area contributed by atoms with E-state index in [1.165, 1.54) is 23.1 Å². The van der Waals surface area contributed by atoms with Gasteiger partial charge in [0.2, 0.25) is 11.7 Å². The maximum Gasteiger partial charge on any atom is 0.451 e. The molecule has 1 heterocycles. The van der Waals surface area contributed by atoms with E-state index >= 15 is 0 Å². The summed E-state index contributed by atoms with van der Waals surface area (Å²) in [6, 6.07) is 12.3. The monoisotopic (exact) mass is 423 g/mol. The van der Waals surface area contributed by atoms with Crippen LogP contribution in [0.4, 0.5) is 17.6 Å². The number of para-hydroxylation sites is 1. The maximum absolute atomic E-state index is 13.4. The van der Waals surface area contributed by atoms with E-state index in [9.17, 15) is 22.4 Å². The van der Waals surface area contributed by atoms with Crippen molar-refractivity contribution in [1.29, 1.82) is 0 Å². The second kappa shape index (κ2) is 8.77. The lowest BCUT2D eigenvalue weighted by Gasteiger charge is -2.21. The summed E-state index contributed by atoms with van der Waals surface area (Å²) in [5.74, 6) is -2.01. The van der Waals surface area contributed by atoms with Gasteiger partial charge in [0, 0.05) is 18.5 Å². The predicted octanol–water partition coefficient (Wildman–Crippen LogP) is 4.93. The van der Waals surface area contributed by atoms with E-state index in [1.807, 2.05) is 0 Å². The molecule has 0 radical (unpaired) electrons. The molecule has 152 valence electrons. The number of benzene rings is 2. The van der Waals surface area contributed by atoms with Gasteiger partial charge in [0.1, 0.15) is 10.8 Å². The third-order valence-corrected chi connectivity index (χ3v) is 5.13. The van der Waals surface area contributed by atoms with E-state index in [-0.39, 0.29) is 28.7 Å². The Bertz CT molecular complexity index is 1030. The molecule has 29 heavy (non-hydrogen) atoms. The minimum Gasteiger partial charge on any atom is -0.338 e. The Kier molecular flexibility index (Phi) is 6.36. The van der Waals surface area contributed by atoms with Gasteiger partial charge < -0.3 is 4.90 Å². The van der Waals surface area contributed by atoms with Crippen molar-refractivity contribution in [3.63, 3.8) is 0 Å². The smallest absolute Gasteiger partial charge is 0.338 e. The number of aromatic nitrogens is 2. The van der Waals surface area contributed by atoms with Crippen LogP contribution in [0.25, 0.3) is 10.9 Å². The highest BCUT2D eigenvalue weighted by Gasteiger charge is 2.35. The molecule has 0 aliphatic rings. The third-order valence-electron chi connectivity index (χ3n) is 4.15. The Morgan fingerprint density at radius 3 is 2.55 bits per heavy atom. The third kappa shape index (κ3) is 5.23. The molecule has 0 saturated heterocycles. The van der Waals surface area contributed by atoms with E-state index in [0.29, 0.717) is 17.5 Å².